The zero-order valence-electron chi connectivity index (χ0n) is 7.94. The Bertz CT molecular complexity index is 519. The Hall–Kier alpha value is -1.06. The lowest BCUT2D eigenvalue weighted by Gasteiger charge is -2.08. The highest BCUT2D eigenvalue weighted by Crippen LogP contribution is 2.25. The number of sulfone groups is 1. The number of halogens is 1. The van der Waals surface area contributed by atoms with Crippen molar-refractivity contribution < 1.29 is 8.42 Å². The maximum Gasteiger partial charge on any atom is 0.196 e. The van der Waals surface area contributed by atoms with Crippen molar-refractivity contribution in [3.63, 3.8) is 0 Å². The molecule has 1 rings (SSSR count). The lowest BCUT2D eigenvalue weighted by molar-refractivity contribution is 0.592. The second-order valence-corrected chi connectivity index (χ2v) is 6.15. The number of benzene rings is 1. The average Bonchev–Trinajstić information content (AvgIpc) is 2.15. The van der Waals surface area contributed by atoms with Crippen LogP contribution in [0.3, 0.4) is 0 Å². The number of hydrogen-bond acceptors (Lipinski definition) is 4. The van der Waals surface area contributed by atoms with Crippen LogP contribution in [0.4, 0.5) is 5.69 Å². The molecule has 4 nitrogen and oxygen atoms in total. The number of hydrogen-bond donors (Lipinski definition) is 1. The van der Waals surface area contributed by atoms with Gasteiger partial charge in [-0.3, -0.25) is 0 Å². The number of nitriles is 1. The zero-order chi connectivity index (χ0) is 11.6. The van der Waals surface area contributed by atoms with Gasteiger partial charge in [0.1, 0.15) is 5.25 Å². The van der Waals surface area contributed by atoms with Crippen molar-refractivity contribution in [1.29, 1.82) is 5.26 Å². The van der Waals surface area contributed by atoms with Gasteiger partial charge in [0.25, 0.3) is 0 Å². The third-order valence-corrected chi connectivity index (χ3v) is 4.44. The molecule has 80 valence electrons. The molecule has 15 heavy (non-hydrogen) atoms. The van der Waals surface area contributed by atoms with Crippen LogP contribution in [-0.4, -0.2) is 13.7 Å². The summed E-state index contributed by atoms with van der Waals surface area (Å²) in [4.78, 5) is -0.000231. The van der Waals surface area contributed by atoms with Crippen LogP contribution in [-0.2, 0) is 9.84 Å². The van der Waals surface area contributed by atoms with Crippen LogP contribution in [0.2, 0.25) is 0 Å². The molecule has 1 aromatic carbocycles. The predicted octanol–water partition coefficient (Wildman–Crippen LogP) is 1.72. The van der Waals surface area contributed by atoms with Gasteiger partial charge < -0.3 is 5.73 Å². The average molecular weight is 289 g/mol. The van der Waals surface area contributed by atoms with Crippen molar-refractivity contribution in [3.8, 4) is 6.07 Å². The normalized spacial score (nSPS) is 13.1. The number of anilines is 1. The molecule has 0 heterocycles. The highest BCUT2D eigenvalue weighted by molar-refractivity contribution is 9.10. The molecule has 0 bridgehead atoms. The molecular weight excluding hydrogens is 280 g/mol. The number of nitrogen functional groups attached to an aromatic ring is 1. The van der Waals surface area contributed by atoms with Crippen molar-refractivity contribution in [2.75, 3.05) is 5.73 Å². The Labute approximate surface area is 96.8 Å². The molecule has 0 aliphatic heterocycles. The Morgan fingerprint density at radius 3 is 2.60 bits per heavy atom. The Morgan fingerprint density at radius 1 is 1.53 bits per heavy atom. The summed E-state index contributed by atoms with van der Waals surface area (Å²) >= 11 is 3.18. The molecule has 0 aromatic heterocycles. The van der Waals surface area contributed by atoms with Crippen LogP contribution < -0.4 is 5.73 Å². The summed E-state index contributed by atoms with van der Waals surface area (Å²) in [6, 6.07) is 6.16. The molecule has 0 saturated heterocycles. The van der Waals surface area contributed by atoms with E-state index in [0.29, 0.717) is 4.47 Å². The maximum atomic E-state index is 11.8. The highest BCUT2D eigenvalue weighted by Gasteiger charge is 2.25. The Kier molecular flexibility index (Phi) is 3.37. The second-order valence-electron chi connectivity index (χ2n) is 3.00. The first-order chi connectivity index (χ1) is 6.89. The van der Waals surface area contributed by atoms with Crippen LogP contribution >= 0.6 is 15.9 Å². The molecule has 0 spiro atoms. The molecule has 0 amide bonds. The van der Waals surface area contributed by atoms with E-state index in [2.05, 4.69) is 15.9 Å². The molecule has 0 aliphatic carbocycles. The number of nitrogens with two attached hydrogens (primary N) is 1. The summed E-state index contributed by atoms with van der Waals surface area (Å²) in [5, 5.41) is 7.50. The number of rotatable bonds is 2. The van der Waals surface area contributed by atoms with Crippen molar-refractivity contribution in [1.82, 2.24) is 0 Å². The van der Waals surface area contributed by atoms with Crippen LogP contribution in [0.5, 0.6) is 0 Å². The summed E-state index contributed by atoms with van der Waals surface area (Å²) < 4.78 is 24.3. The first-order valence-corrected chi connectivity index (χ1v) is 6.42. The van der Waals surface area contributed by atoms with Gasteiger partial charge in [0.15, 0.2) is 9.84 Å². The Morgan fingerprint density at radius 2 is 2.13 bits per heavy atom. The van der Waals surface area contributed by atoms with Crippen LogP contribution in [0.25, 0.3) is 0 Å². The van der Waals surface area contributed by atoms with Gasteiger partial charge in [-0.2, -0.15) is 5.26 Å². The third-order valence-electron chi connectivity index (χ3n) is 1.93. The number of nitrogens with zero attached hydrogens (tertiary/aromatic N) is 1. The van der Waals surface area contributed by atoms with Gasteiger partial charge in [-0.15, -0.1) is 0 Å². The fourth-order valence-electron chi connectivity index (χ4n) is 1.04. The van der Waals surface area contributed by atoms with Crippen molar-refractivity contribution in [2.45, 2.75) is 17.1 Å². The SMILES string of the molecule is CC(C#N)S(=O)(=O)c1ccc(Br)cc1N. The van der Waals surface area contributed by atoms with Crippen LogP contribution in [0.15, 0.2) is 27.6 Å². The summed E-state index contributed by atoms with van der Waals surface area (Å²) in [5.41, 5.74) is 5.73. The molecule has 6 heteroatoms. The molecule has 0 aliphatic rings. The largest absolute Gasteiger partial charge is 0.398 e. The van der Waals surface area contributed by atoms with E-state index in [1.54, 1.807) is 12.1 Å². The van der Waals surface area contributed by atoms with E-state index in [1.807, 2.05) is 0 Å². The Balaban J connectivity index is 3.36. The van der Waals surface area contributed by atoms with Gasteiger partial charge in [0, 0.05) is 4.47 Å². The maximum absolute atomic E-state index is 11.8. The van der Waals surface area contributed by atoms with Gasteiger partial charge in [-0.25, -0.2) is 8.42 Å². The predicted molar refractivity (Wildman–Crippen MR) is 60.8 cm³/mol. The smallest absolute Gasteiger partial charge is 0.196 e. The third kappa shape index (κ3) is 2.30. The second kappa shape index (κ2) is 4.21. The summed E-state index contributed by atoms with van der Waals surface area (Å²) in [5.74, 6) is 0. The summed E-state index contributed by atoms with van der Waals surface area (Å²) in [6.07, 6.45) is 0. The summed E-state index contributed by atoms with van der Waals surface area (Å²) in [6.45, 7) is 1.33. The zero-order valence-corrected chi connectivity index (χ0v) is 10.3. The van der Waals surface area contributed by atoms with Gasteiger partial charge in [-0.1, -0.05) is 15.9 Å². The fraction of sp³-hybridized carbons (Fsp3) is 0.222. The molecule has 2 N–H and O–H groups in total. The summed E-state index contributed by atoms with van der Waals surface area (Å²) in [7, 11) is -3.64. The molecule has 0 saturated carbocycles. The molecular formula is C9H9BrN2O2S. The van der Waals surface area contributed by atoms with Crippen LogP contribution in [0.1, 0.15) is 6.92 Å². The highest BCUT2D eigenvalue weighted by atomic mass is 79.9. The molecule has 1 aromatic rings. The fourth-order valence-corrected chi connectivity index (χ4v) is 2.58. The van der Waals surface area contributed by atoms with Crippen molar-refractivity contribution in [2.24, 2.45) is 0 Å². The van der Waals surface area contributed by atoms with E-state index in [0.717, 1.165) is 0 Å². The van der Waals surface area contributed by atoms with E-state index < -0.39 is 15.1 Å². The van der Waals surface area contributed by atoms with E-state index in [9.17, 15) is 8.42 Å². The van der Waals surface area contributed by atoms with E-state index >= 15 is 0 Å². The van der Waals surface area contributed by atoms with Gasteiger partial charge in [-0.05, 0) is 25.1 Å². The van der Waals surface area contributed by atoms with Gasteiger partial charge in [0.05, 0.1) is 16.7 Å². The molecule has 0 radical (unpaired) electrons. The van der Waals surface area contributed by atoms with Gasteiger partial charge >= 0.3 is 0 Å². The van der Waals surface area contributed by atoms with Crippen LogP contribution in [0, 0.1) is 11.3 Å². The first-order valence-electron chi connectivity index (χ1n) is 4.08. The minimum Gasteiger partial charge on any atom is -0.398 e. The first kappa shape index (κ1) is 12.0. The van der Waals surface area contributed by atoms with Crippen molar-refractivity contribution in [3.05, 3.63) is 22.7 Å². The molecule has 0 fully saturated rings. The standard InChI is InChI=1S/C9H9BrN2O2S/c1-6(5-11)15(13,14)9-3-2-7(10)4-8(9)12/h2-4,6H,12H2,1H3. The minimum atomic E-state index is -3.64. The lowest BCUT2D eigenvalue weighted by Crippen LogP contribution is -2.17. The topological polar surface area (TPSA) is 84.0 Å². The van der Waals surface area contributed by atoms with Gasteiger partial charge in [0.2, 0.25) is 0 Å². The monoisotopic (exact) mass is 288 g/mol. The van der Waals surface area contributed by atoms with E-state index in [4.69, 9.17) is 11.0 Å². The quantitative estimate of drug-likeness (QED) is 0.840. The molecule has 1 atom stereocenters. The van der Waals surface area contributed by atoms with E-state index in [1.165, 1.54) is 19.1 Å². The van der Waals surface area contributed by atoms with Crippen molar-refractivity contribution >= 4 is 31.5 Å². The lowest BCUT2D eigenvalue weighted by atomic mass is 10.3. The minimum absolute atomic E-state index is 0.000231. The molecule has 1 unspecified atom stereocenters. The van der Waals surface area contributed by atoms with E-state index in [-0.39, 0.29) is 10.6 Å².